The van der Waals surface area contributed by atoms with Gasteiger partial charge in [0.05, 0.1) is 12.9 Å². The standard InChI is InChI=1S/C12H23NO4S/c1-17-12(14)8-5-9-18(15,16)13-10-11-6-3-2-4-7-11/h11,13H,2-10H2,1H3. The van der Waals surface area contributed by atoms with E-state index in [1.165, 1.54) is 26.4 Å². The second kappa shape index (κ2) is 7.74. The molecule has 0 aliphatic heterocycles. The average molecular weight is 277 g/mol. The van der Waals surface area contributed by atoms with Crippen molar-refractivity contribution in [1.82, 2.24) is 4.72 Å². The van der Waals surface area contributed by atoms with Gasteiger partial charge in [-0.15, -0.1) is 0 Å². The molecule has 1 N–H and O–H groups in total. The number of rotatable bonds is 7. The molecule has 1 fully saturated rings. The Bertz CT molecular complexity index is 347. The number of ether oxygens (including phenoxy) is 1. The highest BCUT2D eigenvalue weighted by atomic mass is 32.2. The second-order valence-electron chi connectivity index (χ2n) is 4.85. The van der Waals surface area contributed by atoms with Gasteiger partial charge in [0.1, 0.15) is 0 Å². The van der Waals surface area contributed by atoms with E-state index in [1.807, 2.05) is 0 Å². The lowest BCUT2D eigenvalue weighted by atomic mass is 9.90. The minimum Gasteiger partial charge on any atom is -0.469 e. The molecule has 0 unspecified atom stereocenters. The topological polar surface area (TPSA) is 72.5 Å². The summed E-state index contributed by atoms with van der Waals surface area (Å²) in [4.78, 5) is 10.9. The summed E-state index contributed by atoms with van der Waals surface area (Å²) in [5, 5.41) is 0. The molecule has 0 aromatic carbocycles. The zero-order valence-corrected chi connectivity index (χ0v) is 11.8. The lowest BCUT2D eigenvalue weighted by molar-refractivity contribution is -0.140. The smallest absolute Gasteiger partial charge is 0.305 e. The maximum absolute atomic E-state index is 11.7. The summed E-state index contributed by atoms with van der Waals surface area (Å²) in [7, 11) is -1.94. The third-order valence-electron chi connectivity index (χ3n) is 3.34. The van der Waals surface area contributed by atoms with E-state index in [9.17, 15) is 13.2 Å². The van der Waals surface area contributed by atoms with Gasteiger partial charge in [-0.1, -0.05) is 19.3 Å². The molecule has 0 bridgehead atoms. The van der Waals surface area contributed by atoms with Crippen LogP contribution in [0.2, 0.25) is 0 Å². The van der Waals surface area contributed by atoms with Crippen molar-refractivity contribution in [3.05, 3.63) is 0 Å². The van der Waals surface area contributed by atoms with Gasteiger partial charge in [-0.2, -0.15) is 0 Å². The van der Waals surface area contributed by atoms with Gasteiger partial charge < -0.3 is 4.74 Å². The van der Waals surface area contributed by atoms with Crippen molar-refractivity contribution < 1.29 is 17.9 Å². The average Bonchev–Trinajstić information content (AvgIpc) is 2.37. The highest BCUT2D eigenvalue weighted by Crippen LogP contribution is 2.22. The van der Waals surface area contributed by atoms with E-state index in [0.717, 1.165) is 12.8 Å². The number of carbonyl (C=O) groups excluding carboxylic acids is 1. The predicted molar refractivity (Wildman–Crippen MR) is 69.6 cm³/mol. The monoisotopic (exact) mass is 277 g/mol. The third-order valence-corrected chi connectivity index (χ3v) is 4.77. The van der Waals surface area contributed by atoms with Crippen molar-refractivity contribution in [1.29, 1.82) is 0 Å². The van der Waals surface area contributed by atoms with Crippen LogP contribution in [0.15, 0.2) is 0 Å². The molecule has 0 amide bonds. The van der Waals surface area contributed by atoms with Gasteiger partial charge in [-0.25, -0.2) is 13.1 Å². The fourth-order valence-corrected chi connectivity index (χ4v) is 3.38. The zero-order chi connectivity index (χ0) is 13.4. The Morgan fingerprint density at radius 2 is 1.94 bits per heavy atom. The largest absolute Gasteiger partial charge is 0.469 e. The SMILES string of the molecule is COC(=O)CCCS(=O)(=O)NCC1CCCCC1. The molecule has 0 aromatic rings. The number of hydrogen-bond donors (Lipinski definition) is 1. The summed E-state index contributed by atoms with van der Waals surface area (Å²) >= 11 is 0. The van der Waals surface area contributed by atoms with Crippen LogP contribution < -0.4 is 4.72 Å². The van der Waals surface area contributed by atoms with Crippen LogP contribution in [0.25, 0.3) is 0 Å². The van der Waals surface area contributed by atoms with Crippen LogP contribution in [0.3, 0.4) is 0 Å². The van der Waals surface area contributed by atoms with Crippen LogP contribution in [0, 0.1) is 5.92 Å². The van der Waals surface area contributed by atoms with Gasteiger partial charge >= 0.3 is 5.97 Å². The van der Waals surface area contributed by atoms with Crippen molar-refractivity contribution in [2.45, 2.75) is 44.9 Å². The van der Waals surface area contributed by atoms with E-state index in [0.29, 0.717) is 18.9 Å². The van der Waals surface area contributed by atoms with Gasteiger partial charge in [0.2, 0.25) is 10.0 Å². The van der Waals surface area contributed by atoms with E-state index < -0.39 is 10.0 Å². The Morgan fingerprint density at radius 1 is 1.28 bits per heavy atom. The third kappa shape index (κ3) is 6.35. The first-order valence-electron chi connectivity index (χ1n) is 6.57. The Labute approximate surface area is 109 Å². The molecule has 1 aliphatic rings. The molecule has 0 aromatic heterocycles. The summed E-state index contributed by atoms with van der Waals surface area (Å²) in [5.41, 5.74) is 0. The highest BCUT2D eigenvalue weighted by molar-refractivity contribution is 7.89. The van der Waals surface area contributed by atoms with Crippen molar-refractivity contribution in [2.24, 2.45) is 5.92 Å². The van der Waals surface area contributed by atoms with Gasteiger partial charge in [0, 0.05) is 13.0 Å². The van der Waals surface area contributed by atoms with E-state index in [2.05, 4.69) is 9.46 Å². The second-order valence-corrected chi connectivity index (χ2v) is 6.78. The van der Waals surface area contributed by atoms with Crippen molar-refractivity contribution in [2.75, 3.05) is 19.4 Å². The Kier molecular flexibility index (Phi) is 6.63. The van der Waals surface area contributed by atoms with Crippen LogP contribution in [-0.2, 0) is 19.6 Å². The first-order valence-corrected chi connectivity index (χ1v) is 8.23. The van der Waals surface area contributed by atoms with E-state index >= 15 is 0 Å². The molecule has 6 heteroatoms. The van der Waals surface area contributed by atoms with E-state index in [-0.39, 0.29) is 18.1 Å². The maximum Gasteiger partial charge on any atom is 0.305 e. The summed E-state index contributed by atoms with van der Waals surface area (Å²) in [6.07, 6.45) is 6.37. The van der Waals surface area contributed by atoms with Crippen molar-refractivity contribution in [3.8, 4) is 0 Å². The summed E-state index contributed by atoms with van der Waals surface area (Å²) in [6, 6.07) is 0. The lowest BCUT2D eigenvalue weighted by Crippen LogP contribution is -2.32. The number of esters is 1. The number of nitrogens with one attached hydrogen (secondary N) is 1. The Hall–Kier alpha value is -0.620. The number of methoxy groups -OCH3 is 1. The molecular weight excluding hydrogens is 254 g/mol. The lowest BCUT2D eigenvalue weighted by Gasteiger charge is -2.21. The normalized spacial score (nSPS) is 17.6. The maximum atomic E-state index is 11.7. The molecule has 0 heterocycles. The van der Waals surface area contributed by atoms with Crippen LogP contribution >= 0.6 is 0 Å². The fraction of sp³-hybridized carbons (Fsp3) is 0.917. The van der Waals surface area contributed by atoms with Gasteiger partial charge in [-0.3, -0.25) is 4.79 Å². The number of hydrogen-bond acceptors (Lipinski definition) is 4. The molecule has 0 radical (unpaired) electrons. The Balaban J connectivity index is 2.20. The zero-order valence-electron chi connectivity index (χ0n) is 11.0. The van der Waals surface area contributed by atoms with Gasteiger partial charge in [0.15, 0.2) is 0 Å². The van der Waals surface area contributed by atoms with E-state index in [1.54, 1.807) is 0 Å². The molecule has 1 rings (SSSR count). The van der Waals surface area contributed by atoms with Crippen LogP contribution in [0.4, 0.5) is 0 Å². The fourth-order valence-electron chi connectivity index (χ4n) is 2.22. The molecule has 1 saturated carbocycles. The number of carbonyl (C=O) groups is 1. The molecular formula is C12H23NO4S. The molecule has 0 atom stereocenters. The van der Waals surface area contributed by atoms with Crippen LogP contribution in [-0.4, -0.2) is 33.8 Å². The first-order chi connectivity index (χ1) is 8.53. The minimum absolute atomic E-state index is 0.00514. The molecule has 18 heavy (non-hydrogen) atoms. The highest BCUT2D eigenvalue weighted by Gasteiger charge is 2.17. The Morgan fingerprint density at radius 3 is 2.56 bits per heavy atom. The first kappa shape index (κ1) is 15.4. The minimum atomic E-state index is -3.24. The van der Waals surface area contributed by atoms with E-state index in [4.69, 9.17) is 0 Å². The molecule has 5 nitrogen and oxygen atoms in total. The van der Waals surface area contributed by atoms with Crippen molar-refractivity contribution in [3.63, 3.8) is 0 Å². The summed E-state index contributed by atoms with van der Waals surface area (Å²) in [6.45, 7) is 0.542. The summed E-state index contributed by atoms with van der Waals surface area (Å²) < 4.78 is 30.5. The molecule has 1 aliphatic carbocycles. The van der Waals surface area contributed by atoms with Gasteiger partial charge in [-0.05, 0) is 25.2 Å². The predicted octanol–water partition coefficient (Wildman–Crippen LogP) is 1.44. The molecule has 0 spiro atoms. The van der Waals surface area contributed by atoms with Crippen LogP contribution in [0.1, 0.15) is 44.9 Å². The van der Waals surface area contributed by atoms with Crippen LogP contribution in [0.5, 0.6) is 0 Å². The number of sulfonamides is 1. The van der Waals surface area contributed by atoms with Gasteiger partial charge in [0.25, 0.3) is 0 Å². The molecule has 0 saturated heterocycles. The van der Waals surface area contributed by atoms with Crippen molar-refractivity contribution >= 4 is 16.0 Å². The molecule has 106 valence electrons. The summed E-state index contributed by atoms with van der Waals surface area (Å²) in [5.74, 6) is 0.112. The quantitative estimate of drug-likeness (QED) is 0.715.